The van der Waals surface area contributed by atoms with Crippen molar-refractivity contribution >= 4 is 11.9 Å². The predicted octanol–water partition coefficient (Wildman–Crippen LogP) is 6.08. The maximum Gasteiger partial charge on any atom is 0.330 e. The SMILES string of the molecule is C=CC(=O)OCCOC1=CCC(C2(c3ccc(OCCOC(=O)C=C)cc3)CC(C)CC(C)(C)C2)C=C1. The van der Waals surface area contributed by atoms with E-state index < -0.39 is 11.9 Å². The van der Waals surface area contributed by atoms with Crippen LogP contribution in [0, 0.1) is 17.3 Å². The van der Waals surface area contributed by atoms with Crippen LogP contribution < -0.4 is 4.74 Å². The maximum absolute atomic E-state index is 11.2. The number of carbonyl (C=O) groups excluding carboxylic acids is 2. The highest BCUT2D eigenvalue weighted by molar-refractivity contribution is 5.81. The highest BCUT2D eigenvalue weighted by Gasteiger charge is 2.47. The van der Waals surface area contributed by atoms with Crippen molar-refractivity contribution in [1.29, 1.82) is 0 Å². The molecule has 0 aliphatic heterocycles. The van der Waals surface area contributed by atoms with Gasteiger partial charge in [0.15, 0.2) is 0 Å². The minimum atomic E-state index is -0.450. The van der Waals surface area contributed by atoms with Gasteiger partial charge in [-0.1, -0.05) is 52.1 Å². The third-order valence-electron chi connectivity index (χ3n) is 7.14. The molecule has 3 rings (SSSR count). The number of benzene rings is 1. The quantitative estimate of drug-likeness (QED) is 0.193. The zero-order valence-electron chi connectivity index (χ0n) is 22.4. The van der Waals surface area contributed by atoms with E-state index in [1.807, 2.05) is 12.1 Å². The number of rotatable bonds is 12. The van der Waals surface area contributed by atoms with Crippen LogP contribution in [0.25, 0.3) is 0 Å². The first-order chi connectivity index (χ1) is 17.7. The minimum absolute atomic E-state index is 0.00277. The highest BCUT2D eigenvalue weighted by Crippen LogP contribution is 2.55. The van der Waals surface area contributed by atoms with Crippen LogP contribution in [0.3, 0.4) is 0 Å². The van der Waals surface area contributed by atoms with Gasteiger partial charge in [-0.25, -0.2) is 9.59 Å². The average Bonchev–Trinajstić information content (AvgIpc) is 2.88. The fourth-order valence-corrected chi connectivity index (χ4v) is 6.07. The number of esters is 2. The largest absolute Gasteiger partial charge is 0.490 e. The highest BCUT2D eigenvalue weighted by atomic mass is 16.6. The van der Waals surface area contributed by atoms with Crippen LogP contribution in [-0.4, -0.2) is 38.4 Å². The van der Waals surface area contributed by atoms with Gasteiger partial charge in [0.05, 0.1) is 0 Å². The summed E-state index contributed by atoms with van der Waals surface area (Å²) in [6, 6.07) is 8.41. The standard InChI is InChI=1S/C31H40O6/c1-6-28(32)36-18-16-34-26-12-8-24(9-13-26)31(21-23(3)20-30(4,5)22-31)25-10-14-27(15-11-25)35-17-19-37-29(33)7-2/h6-10,12-15,23,25H,1-2,11,16-22H2,3-5H3. The van der Waals surface area contributed by atoms with Crippen molar-refractivity contribution in [2.75, 3.05) is 26.4 Å². The Kier molecular flexibility index (Phi) is 9.79. The number of hydrogen-bond acceptors (Lipinski definition) is 6. The number of hydrogen-bond donors (Lipinski definition) is 0. The zero-order valence-corrected chi connectivity index (χ0v) is 22.4. The topological polar surface area (TPSA) is 71.1 Å². The van der Waals surface area contributed by atoms with Gasteiger partial charge >= 0.3 is 11.9 Å². The second kappa shape index (κ2) is 12.8. The Morgan fingerprint density at radius 3 is 2.11 bits per heavy atom. The summed E-state index contributed by atoms with van der Waals surface area (Å²) in [7, 11) is 0. The molecule has 1 saturated carbocycles. The van der Waals surface area contributed by atoms with Gasteiger partial charge in [0, 0.05) is 17.6 Å². The van der Waals surface area contributed by atoms with Gasteiger partial charge in [-0.2, -0.15) is 0 Å². The van der Waals surface area contributed by atoms with Crippen molar-refractivity contribution in [3.05, 3.63) is 79.1 Å². The number of carbonyl (C=O) groups is 2. The summed E-state index contributed by atoms with van der Waals surface area (Å²) in [5.74, 6) is 1.61. The molecule has 0 radical (unpaired) electrons. The summed E-state index contributed by atoms with van der Waals surface area (Å²) in [6.07, 6.45) is 13.1. The molecular weight excluding hydrogens is 468 g/mol. The normalized spacial score (nSPS) is 24.4. The van der Waals surface area contributed by atoms with E-state index in [0.29, 0.717) is 25.0 Å². The smallest absolute Gasteiger partial charge is 0.330 e. The molecule has 6 nitrogen and oxygen atoms in total. The molecule has 1 aromatic rings. The average molecular weight is 509 g/mol. The van der Waals surface area contributed by atoms with Gasteiger partial charge in [-0.15, -0.1) is 0 Å². The molecule has 0 aromatic heterocycles. The van der Waals surface area contributed by atoms with E-state index >= 15 is 0 Å². The summed E-state index contributed by atoms with van der Waals surface area (Å²) in [6.45, 7) is 14.9. The first-order valence-corrected chi connectivity index (χ1v) is 13.0. The predicted molar refractivity (Wildman–Crippen MR) is 144 cm³/mol. The van der Waals surface area contributed by atoms with Crippen LogP contribution in [-0.2, 0) is 29.2 Å². The second-order valence-corrected chi connectivity index (χ2v) is 10.8. The van der Waals surface area contributed by atoms with Crippen LogP contribution in [0.2, 0.25) is 0 Å². The molecule has 3 atom stereocenters. The molecule has 37 heavy (non-hydrogen) atoms. The maximum atomic E-state index is 11.2. The van der Waals surface area contributed by atoms with Gasteiger partial charge in [0.2, 0.25) is 0 Å². The van der Waals surface area contributed by atoms with Crippen molar-refractivity contribution in [1.82, 2.24) is 0 Å². The van der Waals surface area contributed by atoms with Crippen LogP contribution in [0.5, 0.6) is 5.75 Å². The van der Waals surface area contributed by atoms with Crippen molar-refractivity contribution in [3.63, 3.8) is 0 Å². The Morgan fingerprint density at radius 1 is 0.946 bits per heavy atom. The van der Waals surface area contributed by atoms with Crippen LogP contribution >= 0.6 is 0 Å². The van der Waals surface area contributed by atoms with Crippen molar-refractivity contribution < 1.29 is 28.5 Å². The molecule has 0 N–H and O–H groups in total. The van der Waals surface area contributed by atoms with E-state index in [2.05, 4.69) is 64.3 Å². The first-order valence-electron chi connectivity index (χ1n) is 13.0. The van der Waals surface area contributed by atoms with Crippen LogP contribution in [0.15, 0.2) is 73.6 Å². The van der Waals surface area contributed by atoms with Gasteiger partial charge in [0.25, 0.3) is 0 Å². The minimum Gasteiger partial charge on any atom is -0.490 e. The molecule has 1 fully saturated rings. The monoisotopic (exact) mass is 508 g/mol. The summed E-state index contributed by atoms with van der Waals surface area (Å²) in [4.78, 5) is 22.4. The molecule has 0 spiro atoms. The molecule has 6 heteroatoms. The van der Waals surface area contributed by atoms with E-state index in [9.17, 15) is 9.59 Å². The summed E-state index contributed by atoms with van der Waals surface area (Å²) in [5.41, 5.74) is 1.55. The van der Waals surface area contributed by atoms with E-state index in [1.165, 1.54) is 12.0 Å². The lowest BCUT2D eigenvalue weighted by Crippen LogP contribution is -2.45. The Bertz CT molecular complexity index is 1020. The molecule has 1 aromatic carbocycles. The summed E-state index contributed by atoms with van der Waals surface area (Å²) in [5, 5.41) is 0. The molecule has 0 amide bonds. The van der Waals surface area contributed by atoms with Crippen molar-refractivity contribution in [3.8, 4) is 5.75 Å². The number of allylic oxidation sites excluding steroid dienone is 3. The Morgan fingerprint density at radius 2 is 1.57 bits per heavy atom. The van der Waals surface area contributed by atoms with E-state index in [1.54, 1.807) is 0 Å². The van der Waals surface area contributed by atoms with E-state index in [0.717, 1.165) is 42.9 Å². The van der Waals surface area contributed by atoms with Gasteiger partial charge in [-0.3, -0.25) is 0 Å². The van der Waals surface area contributed by atoms with Gasteiger partial charge < -0.3 is 18.9 Å². The number of ether oxygens (including phenoxy) is 4. The lowest BCUT2D eigenvalue weighted by atomic mass is 9.52. The Labute approximate surface area is 221 Å². The second-order valence-electron chi connectivity index (χ2n) is 10.8. The van der Waals surface area contributed by atoms with Crippen molar-refractivity contribution in [2.24, 2.45) is 17.3 Å². The molecule has 200 valence electrons. The molecule has 0 bridgehead atoms. The van der Waals surface area contributed by atoms with E-state index in [-0.39, 0.29) is 24.0 Å². The van der Waals surface area contributed by atoms with Crippen LogP contribution in [0.1, 0.15) is 52.0 Å². The molecule has 0 saturated heterocycles. The van der Waals surface area contributed by atoms with Gasteiger partial charge in [0.1, 0.15) is 37.9 Å². The Hall–Kier alpha value is -3.28. The third-order valence-corrected chi connectivity index (χ3v) is 7.14. The van der Waals surface area contributed by atoms with Gasteiger partial charge in [-0.05, 0) is 72.8 Å². The van der Waals surface area contributed by atoms with Crippen molar-refractivity contribution in [2.45, 2.75) is 51.9 Å². The van der Waals surface area contributed by atoms with Crippen LogP contribution in [0.4, 0.5) is 0 Å². The molecule has 2 aliphatic carbocycles. The summed E-state index contributed by atoms with van der Waals surface area (Å²) < 4.78 is 21.6. The lowest BCUT2D eigenvalue weighted by molar-refractivity contribution is -0.139. The zero-order chi connectivity index (χ0) is 26.9. The summed E-state index contributed by atoms with van der Waals surface area (Å²) >= 11 is 0. The molecule has 2 aliphatic rings. The molecular formula is C31H40O6. The fourth-order valence-electron chi connectivity index (χ4n) is 6.07. The lowest BCUT2D eigenvalue weighted by Gasteiger charge is -2.52. The molecule has 0 heterocycles. The molecule has 3 unspecified atom stereocenters. The third kappa shape index (κ3) is 7.85. The first kappa shape index (κ1) is 28.3. The fraction of sp³-hybridized carbons (Fsp3) is 0.484. The van der Waals surface area contributed by atoms with E-state index in [4.69, 9.17) is 18.9 Å². The Balaban J connectivity index is 1.71.